The van der Waals surface area contributed by atoms with Gasteiger partial charge in [0.2, 0.25) is 0 Å². The predicted molar refractivity (Wildman–Crippen MR) is 72.4 cm³/mol. The lowest BCUT2D eigenvalue weighted by Gasteiger charge is -2.16. The summed E-state index contributed by atoms with van der Waals surface area (Å²) in [7, 11) is 0. The molecule has 0 saturated heterocycles. The van der Waals surface area contributed by atoms with E-state index in [1.165, 1.54) is 6.07 Å². The lowest BCUT2D eigenvalue weighted by atomic mass is 9.88. The molecule has 0 aliphatic carbocycles. The highest BCUT2D eigenvalue weighted by atomic mass is 16.4. The first kappa shape index (κ1) is 13.3. The van der Waals surface area contributed by atoms with Crippen molar-refractivity contribution in [1.29, 1.82) is 0 Å². The Bertz CT molecular complexity index is 682. The summed E-state index contributed by atoms with van der Waals surface area (Å²) in [5.41, 5.74) is 1.51. The van der Waals surface area contributed by atoms with Crippen LogP contribution in [0.25, 0.3) is 11.0 Å². The molecule has 0 radical (unpaired) electrons. The lowest BCUT2D eigenvalue weighted by molar-refractivity contribution is -0.139. The van der Waals surface area contributed by atoms with Gasteiger partial charge in [-0.15, -0.1) is 0 Å². The summed E-state index contributed by atoms with van der Waals surface area (Å²) >= 11 is 0. The lowest BCUT2D eigenvalue weighted by Crippen LogP contribution is -2.17. The smallest absolute Gasteiger partial charge is 0.336 e. The van der Waals surface area contributed by atoms with E-state index >= 15 is 0 Å². The Hall–Kier alpha value is -2.10. The van der Waals surface area contributed by atoms with Crippen molar-refractivity contribution in [3.05, 3.63) is 45.8 Å². The van der Waals surface area contributed by atoms with Crippen LogP contribution in [0, 0.1) is 12.8 Å². The second-order valence-corrected chi connectivity index (χ2v) is 5.06. The Balaban J connectivity index is 2.64. The van der Waals surface area contributed by atoms with Crippen molar-refractivity contribution in [1.82, 2.24) is 0 Å². The van der Waals surface area contributed by atoms with Crippen molar-refractivity contribution in [3.63, 3.8) is 0 Å². The van der Waals surface area contributed by atoms with Crippen molar-refractivity contribution in [2.75, 3.05) is 0 Å². The van der Waals surface area contributed by atoms with E-state index in [-0.39, 0.29) is 5.92 Å². The second kappa shape index (κ2) is 4.88. The second-order valence-electron chi connectivity index (χ2n) is 5.06. The molecule has 1 heterocycles. The van der Waals surface area contributed by atoms with Gasteiger partial charge in [-0.05, 0) is 30.0 Å². The summed E-state index contributed by atoms with van der Waals surface area (Å²) in [5, 5.41) is 10.1. The summed E-state index contributed by atoms with van der Waals surface area (Å²) in [5.74, 6) is -1.51. The normalized spacial score (nSPS) is 12.8. The van der Waals surface area contributed by atoms with Crippen molar-refractivity contribution in [2.24, 2.45) is 5.92 Å². The minimum absolute atomic E-state index is 0.0357. The molecule has 4 heteroatoms. The van der Waals surface area contributed by atoms with Gasteiger partial charge in [0.25, 0.3) is 0 Å². The largest absolute Gasteiger partial charge is 0.481 e. The van der Waals surface area contributed by atoms with Gasteiger partial charge >= 0.3 is 11.6 Å². The van der Waals surface area contributed by atoms with Crippen LogP contribution >= 0.6 is 0 Å². The van der Waals surface area contributed by atoms with Crippen LogP contribution in [-0.2, 0) is 4.79 Å². The number of carboxylic acids is 1. The maximum absolute atomic E-state index is 11.4. The molecule has 1 atom stereocenters. The Morgan fingerprint density at radius 2 is 1.95 bits per heavy atom. The third-order valence-electron chi connectivity index (χ3n) is 3.27. The van der Waals surface area contributed by atoms with Crippen LogP contribution in [-0.4, -0.2) is 11.1 Å². The maximum atomic E-state index is 11.4. The minimum Gasteiger partial charge on any atom is -0.481 e. The number of rotatable bonds is 3. The highest BCUT2D eigenvalue weighted by molar-refractivity contribution is 5.83. The van der Waals surface area contributed by atoms with E-state index in [4.69, 9.17) is 4.42 Å². The Morgan fingerprint density at radius 1 is 1.26 bits per heavy atom. The van der Waals surface area contributed by atoms with E-state index in [1.807, 2.05) is 20.8 Å². The average Bonchev–Trinajstić information content (AvgIpc) is 2.26. The minimum atomic E-state index is -0.871. The first-order valence-corrected chi connectivity index (χ1v) is 6.17. The molecular formula is C15H16O4. The fraction of sp³-hybridized carbons (Fsp3) is 0.333. The molecular weight excluding hydrogens is 244 g/mol. The van der Waals surface area contributed by atoms with Gasteiger partial charge in [-0.2, -0.15) is 0 Å². The molecule has 0 amide bonds. The van der Waals surface area contributed by atoms with Gasteiger partial charge < -0.3 is 9.52 Å². The molecule has 1 N–H and O–H groups in total. The quantitative estimate of drug-likeness (QED) is 0.861. The number of carbonyl (C=O) groups is 1. The highest BCUT2D eigenvalue weighted by Gasteiger charge is 2.24. The Kier molecular flexibility index (Phi) is 3.42. The van der Waals surface area contributed by atoms with Gasteiger partial charge in [-0.3, -0.25) is 4.79 Å². The fourth-order valence-electron chi connectivity index (χ4n) is 2.35. The average molecular weight is 260 g/mol. The molecule has 19 heavy (non-hydrogen) atoms. The van der Waals surface area contributed by atoms with Crippen molar-refractivity contribution in [3.8, 4) is 0 Å². The van der Waals surface area contributed by atoms with Crippen LogP contribution < -0.4 is 5.63 Å². The molecule has 100 valence electrons. The van der Waals surface area contributed by atoms with Gasteiger partial charge in [0, 0.05) is 11.5 Å². The first-order chi connectivity index (χ1) is 8.90. The van der Waals surface area contributed by atoms with Gasteiger partial charge in [0.05, 0.1) is 5.92 Å². The molecule has 0 spiro atoms. The summed E-state index contributed by atoms with van der Waals surface area (Å²) in [4.78, 5) is 22.7. The van der Waals surface area contributed by atoms with Crippen molar-refractivity contribution in [2.45, 2.75) is 26.7 Å². The summed E-state index contributed by atoms with van der Waals surface area (Å²) < 4.78 is 5.14. The highest BCUT2D eigenvalue weighted by Crippen LogP contribution is 2.28. The van der Waals surface area contributed by atoms with Crippen molar-refractivity contribution >= 4 is 16.9 Å². The van der Waals surface area contributed by atoms with Crippen LogP contribution in [0.15, 0.2) is 33.5 Å². The zero-order valence-electron chi connectivity index (χ0n) is 11.1. The topological polar surface area (TPSA) is 67.5 Å². The summed E-state index contributed by atoms with van der Waals surface area (Å²) in [6, 6.07) is 6.68. The van der Waals surface area contributed by atoms with Crippen LogP contribution in [0.1, 0.15) is 30.9 Å². The van der Waals surface area contributed by atoms with E-state index in [0.717, 1.165) is 10.9 Å². The zero-order valence-corrected chi connectivity index (χ0v) is 11.1. The molecule has 4 nitrogen and oxygen atoms in total. The number of hydrogen-bond donors (Lipinski definition) is 1. The van der Waals surface area contributed by atoms with E-state index < -0.39 is 17.5 Å². The van der Waals surface area contributed by atoms with Crippen LogP contribution in [0.5, 0.6) is 0 Å². The van der Waals surface area contributed by atoms with Gasteiger partial charge in [-0.25, -0.2) is 4.79 Å². The molecule has 0 saturated carbocycles. The maximum Gasteiger partial charge on any atom is 0.336 e. The van der Waals surface area contributed by atoms with Crippen LogP contribution in [0.4, 0.5) is 0 Å². The zero-order chi connectivity index (χ0) is 14.2. The first-order valence-electron chi connectivity index (χ1n) is 6.17. The monoisotopic (exact) mass is 260 g/mol. The van der Waals surface area contributed by atoms with Crippen LogP contribution in [0.3, 0.4) is 0 Å². The van der Waals surface area contributed by atoms with Gasteiger partial charge in [0.15, 0.2) is 0 Å². The number of benzene rings is 1. The van der Waals surface area contributed by atoms with E-state index in [9.17, 15) is 14.7 Å². The standard InChI is InChI=1S/C15H16O4/c1-8(2)14(15(17)18)10-4-5-11-9(3)6-13(16)19-12(11)7-10/h4-8,14H,1-3H3,(H,17,18). The van der Waals surface area contributed by atoms with E-state index in [1.54, 1.807) is 18.2 Å². The fourth-order valence-corrected chi connectivity index (χ4v) is 2.35. The SMILES string of the molecule is Cc1cc(=O)oc2cc(C(C(=O)O)C(C)C)ccc12. The molecule has 1 aromatic heterocycles. The molecule has 0 aliphatic rings. The molecule has 2 aromatic rings. The number of aryl methyl sites for hydroxylation is 1. The molecule has 1 aromatic carbocycles. The molecule has 0 fully saturated rings. The molecule has 0 bridgehead atoms. The van der Waals surface area contributed by atoms with Crippen LogP contribution in [0.2, 0.25) is 0 Å². The summed E-state index contributed by atoms with van der Waals surface area (Å²) in [6.07, 6.45) is 0. The number of aliphatic carboxylic acids is 1. The number of carboxylic acid groups (broad SMARTS) is 1. The molecule has 0 aliphatic heterocycles. The van der Waals surface area contributed by atoms with Gasteiger partial charge in [0.1, 0.15) is 5.58 Å². The van der Waals surface area contributed by atoms with E-state index in [2.05, 4.69) is 0 Å². The predicted octanol–water partition coefficient (Wildman–Crippen LogP) is 2.93. The van der Waals surface area contributed by atoms with E-state index in [0.29, 0.717) is 11.1 Å². The molecule has 2 rings (SSSR count). The third-order valence-corrected chi connectivity index (χ3v) is 3.27. The van der Waals surface area contributed by atoms with Gasteiger partial charge in [-0.1, -0.05) is 26.0 Å². The Labute approximate surface area is 110 Å². The number of fused-ring (bicyclic) bond motifs is 1. The van der Waals surface area contributed by atoms with Crippen molar-refractivity contribution < 1.29 is 14.3 Å². The number of hydrogen-bond acceptors (Lipinski definition) is 3. The Morgan fingerprint density at radius 3 is 2.53 bits per heavy atom. The summed E-state index contributed by atoms with van der Waals surface area (Å²) in [6.45, 7) is 5.54. The molecule has 1 unspecified atom stereocenters. The third kappa shape index (κ3) is 2.52.